The lowest BCUT2D eigenvalue weighted by Crippen LogP contribution is -2.42. The lowest BCUT2D eigenvalue weighted by Gasteiger charge is -2.22. The fourth-order valence-electron chi connectivity index (χ4n) is 1.55. The van der Waals surface area contributed by atoms with Crippen LogP contribution < -0.4 is 5.11 Å². The van der Waals surface area contributed by atoms with E-state index in [1.54, 1.807) is 18.2 Å². The van der Waals surface area contributed by atoms with E-state index in [0.717, 1.165) is 4.31 Å². The van der Waals surface area contributed by atoms with Gasteiger partial charge in [-0.2, -0.15) is 4.31 Å². The summed E-state index contributed by atoms with van der Waals surface area (Å²) >= 11 is 0. The molecule has 0 unspecified atom stereocenters. The Kier molecular flexibility index (Phi) is 5.94. The fraction of sp³-hybridized carbons (Fsp3) is 0.417. The SMILES string of the molecule is COCCCN(CC(=O)[O-])S(=O)(=O)c1ccccc1. The van der Waals surface area contributed by atoms with E-state index in [1.807, 2.05) is 0 Å². The maximum atomic E-state index is 12.3. The van der Waals surface area contributed by atoms with Crippen molar-refractivity contribution in [1.82, 2.24) is 4.31 Å². The van der Waals surface area contributed by atoms with Gasteiger partial charge in [0, 0.05) is 20.3 Å². The van der Waals surface area contributed by atoms with Gasteiger partial charge in [0.05, 0.1) is 17.4 Å². The van der Waals surface area contributed by atoms with Crippen molar-refractivity contribution in [3.63, 3.8) is 0 Å². The van der Waals surface area contributed by atoms with Crippen LogP contribution >= 0.6 is 0 Å². The second kappa shape index (κ2) is 7.22. The van der Waals surface area contributed by atoms with Crippen LogP contribution in [-0.4, -0.2) is 45.5 Å². The summed E-state index contributed by atoms with van der Waals surface area (Å²) in [6, 6.07) is 7.70. The number of hydrogen-bond donors (Lipinski definition) is 0. The Balaban J connectivity index is 2.92. The molecule has 106 valence electrons. The number of carboxylic acid groups (broad SMARTS) is 1. The van der Waals surface area contributed by atoms with Crippen molar-refractivity contribution in [2.45, 2.75) is 11.3 Å². The first kappa shape index (κ1) is 15.6. The molecule has 0 amide bonds. The molecule has 0 N–H and O–H groups in total. The van der Waals surface area contributed by atoms with E-state index in [0.29, 0.717) is 13.0 Å². The van der Waals surface area contributed by atoms with Crippen LogP contribution in [-0.2, 0) is 19.6 Å². The number of carbonyl (C=O) groups is 1. The molecule has 0 spiro atoms. The van der Waals surface area contributed by atoms with E-state index < -0.39 is 22.5 Å². The van der Waals surface area contributed by atoms with E-state index in [4.69, 9.17) is 4.74 Å². The molecule has 0 aliphatic rings. The average Bonchev–Trinajstić information content (AvgIpc) is 2.38. The van der Waals surface area contributed by atoms with Crippen molar-refractivity contribution in [3.05, 3.63) is 30.3 Å². The monoisotopic (exact) mass is 286 g/mol. The molecule has 0 aliphatic heterocycles. The molecule has 6 nitrogen and oxygen atoms in total. The maximum Gasteiger partial charge on any atom is 0.243 e. The summed E-state index contributed by atoms with van der Waals surface area (Å²) in [6.45, 7) is -0.242. The summed E-state index contributed by atoms with van der Waals surface area (Å²) < 4.78 is 30.2. The van der Waals surface area contributed by atoms with E-state index in [9.17, 15) is 18.3 Å². The first-order valence-corrected chi connectivity index (χ1v) is 7.16. The molecule has 1 aromatic rings. The highest BCUT2D eigenvalue weighted by Gasteiger charge is 2.23. The summed E-state index contributed by atoms with van der Waals surface area (Å²) in [7, 11) is -2.32. The average molecular weight is 286 g/mol. The van der Waals surface area contributed by atoms with Gasteiger partial charge in [-0.15, -0.1) is 0 Å². The number of hydrogen-bond acceptors (Lipinski definition) is 5. The molecule has 0 fully saturated rings. The standard InChI is InChI=1S/C12H17NO5S/c1-18-9-5-8-13(10-12(14)15)19(16,17)11-6-3-2-4-7-11/h2-4,6-7H,5,8-10H2,1H3,(H,14,15)/p-1. The highest BCUT2D eigenvalue weighted by Crippen LogP contribution is 2.15. The number of carbonyl (C=O) groups excluding carboxylic acids is 1. The van der Waals surface area contributed by atoms with Crippen molar-refractivity contribution in [1.29, 1.82) is 0 Å². The number of carboxylic acids is 1. The largest absolute Gasteiger partial charge is 0.549 e. The predicted molar refractivity (Wildman–Crippen MR) is 66.7 cm³/mol. The lowest BCUT2D eigenvalue weighted by molar-refractivity contribution is -0.305. The molecule has 0 aromatic heterocycles. The number of ether oxygens (including phenoxy) is 1. The van der Waals surface area contributed by atoms with Gasteiger partial charge in [0.2, 0.25) is 10.0 Å². The minimum Gasteiger partial charge on any atom is -0.549 e. The summed E-state index contributed by atoms with van der Waals surface area (Å²) in [5.41, 5.74) is 0. The van der Waals surface area contributed by atoms with Crippen LogP contribution in [0.15, 0.2) is 35.2 Å². The van der Waals surface area contributed by atoms with Gasteiger partial charge in [0.25, 0.3) is 0 Å². The molecule has 0 saturated carbocycles. The molecule has 1 rings (SSSR count). The molecule has 0 atom stereocenters. The molecule has 1 aromatic carbocycles. The molecule has 19 heavy (non-hydrogen) atoms. The van der Waals surface area contributed by atoms with Gasteiger partial charge >= 0.3 is 0 Å². The first-order valence-electron chi connectivity index (χ1n) is 5.72. The highest BCUT2D eigenvalue weighted by molar-refractivity contribution is 7.89. The van der Waals surface area contributed by atoms with E-state index >= 15 is 0 Å². The second-order valence-corrected chi connectivity index (χ2v) is 5.81. The zero-order valence-corrected chi connectivity index (χ0v) is 11.4. The van der Waals surface area contributed by atoms with Crippen molar-refractivity contribution >= 4 is 16.0 Å². The van der Waals surface area contributed by atoms with Crippen LogP contribution in [0.1, 0.15) is 6.42 Å². The Bertz CT molecular complexity index is 500. The minimum atomic E-state index is -3.82. The third-order valence-corrected chi connectivity index (χ3v) is 4.30. The third-order valence-electron chi connectivity index (χ3n) is 2.44. The molecule has 0 bridgehead atoms. The summed E-state index contributed by atoms with van der Waals surface area (Å²) in [5.74, 6) is -1.43. The smallest absolute Gasteiger partial charge is 0.243 e. The van der Waals surface area contributed by atoms with Crippen LogP contribution in [0.5, 0.6) is 0 Å². The van der Waals surface area contributed by atoms with Crippen LogP contribution in [0.25, 0.3) is 0 Å². The summed E-state index contributed by atoms with van der Waals surface area (Å²) in [4.78, 5) is 10.7. The van der Waals surface area contributed by atoms with Crippen molar-refractivity contribution < 1.29 is 23.1 Å². The molecule has 7 heteroatoms. The Morgan fingerprint density at radius 3 is 2.47 bits per heavy atom. The Hall–Kier alpha value is -1.44. The van der Waals surface area contributed by atoms with Crippen molar-refractivity contribution in [3.8, 4) is 0 Å². The zero-order chi connectivity index (χ0) is 14.3. The van der Waals surface area contributed by atoms with Crippen molar-refractivity contribution in [2.24, 2.45) is 0 Å². The quantitative estimate of drug-likeness (QED) is 0.599. The number of rotatable bonds is 8. The normalized spacial score (nSPS) is 11.7. The first-order chi connectivity index (χ1) is 8.98. The van der Waals surface area contributed by atoms with E-state index in [2.05, 4.69) is 0 Å². The molecule has 0 saturated heterocycles. The topological polar surface area (TPSA) is 86.7 Å². The third kappa shape index (κ3) is 4.62. The minimum absolute atomic E-state index is 0.0636. The number of methoxy groups -OCH3 is 1. The fourth-order valence-corrected chi connectivity index (χ4v) is 3.00. The van der Waals surface area contributed by atoms with E-state index in [-0.39, 0.29) is 11.4 Å². The number of nitrogens with zero attached hydrogens (tertiary/aromatic N) is 1. The lowest BCUT2D eigenvalue weighted by atomic mass is 10.4. The van der Waals surface area contributed by atoms with Gasteiger partial charge in [0.15, 0.2) is 0 Å². The second-order valence-electron chi connectivity index (χ2n) is 3.87. The van der Waals surface area contributed by atoms with Gasteiger partial charge in [0.1, 0.15) is 0 Å². The van der Waals surface area contributed by atoms with Crippen LogP contribution in [0.2, 0.25) is 0 Å². The zero-order valence-electron chi connectivity index (χ0n) is 10.6. The van der Waals surface area contributed by atoms with Crippen molar-refractivity contribution in [2.75, 3.05) is 26.8 Å². The van der Waals surface area contributed by atoms with Crippen LogP contribution in [0.4, 0.5) is 0 Å². The molecule has 0 radical (unpaired) electrons. The molecular weight excluding hydrogens is 270 g/mol. The van der Waals surface area contributed by atoms with Gasteiger partial charge in [-0.3, -0.25) is 0 Å². The number of sulfonamides is 1. The van der Waals surface area contributed by atoms with Gasteiger partial charge in [-0.05, 0) is 18.6 Å². The molecule has 0 aliphatic carbocycles. The summed E-state index contributed by atoms with van der Waals surface area (Å²) in [5, 5.41) is 10.7. The van der Waals surface area contributed by atoms with Gasteiger partial charge in [-0.25, -0.2) is 8.42 Å². The van der Waals surface area contributed by atoms with Crippen LogP contribution in [0.3, 0.4) is 0 Å². The maximum absolute atomic E-state index is 12.3. The van der Waals surface area contributed by atoms with Gasteiger partial charge in [-0.1, -0.05) is 18.2 Å². The number of benzene rings is 1. The summed E-state index contributed by atoms with van der Waals surface area (Å²) in [6.07, 6.45) is 0.413. The number of aliphatic carboxylic acids is 1. The Morgan fingerprint density at radius 2 is 1.95 bits per heavy atom. The molecule has 0 heterocycles. The Morgan fingerprint density at radius 1 is 1.32 bits per heavy atom. The van der Waals surface area contributed by atoms with E-state index in [1.165, 1.54) is 19.2 Å². The van der Waals surface area contributed by atoms with Crippen LogP contribution in [0, 0.1) is 0 Å². The highest BCUT2D eigenvalue weighted by atomic mass is 32.2. The Labute approximate surface area is 112 Å². The van der Waals surface area contributed by atoms with Gasteiger partial charge < -0.3 is 14.6 Å². The predicted octanol–water partition coefficient (Wildman–Crippen LogP) is -0.536. The molecular formula is C12H16NO5S-.